The summed E-state index contributed by atoms with van der Waals surface area (Å²) in [7, 11) is 0. The van der Waals surface area contributed by atoms with Crippen LogP contribution >= 0.6 is 11.3 Å². The van der Waals surface area contributed by atoms with E-state index >= 15 is 0 Å². The number of carbonyl (C=O) groups is 2. The molecule has 1 aliphatic heterocycles. The minimum absolute atomic E-state index is 0.0127. The Morgan fingerprint density at radius 2 is 1.88 bits per heavy atom. The van der Waals surface area contributed by atoms with Gasteiger partial charge < -0.3 is 15.1 Å². The summed E-state index contributed by atoms with van der Waals surface area (Å²) in [6.45, 7) is 13.1. The Hall–Kier alpha value is -2.18. The van der Waals surface area contributed by atoms with E-state index in [9.17, 15) is 9.59 Å². The number of hydrogen-bond donors (Lipinski definition) is 1. The average Bonchev–Trinajstić information content (AvgIpc) is 3.34. The molecule has 2 heterocycles. The summed E-state index contributed by atoms with van der Waals surface area (Å²) in [6, 6.07) is 11.4. The van der Waals surface area contributed by atoms with Gasteiger partial charge in [-0.2, -0.15) is 0 Å². The van der Waals surface area contributed by atoms with Crippen molar-refractivity contribution in [3.8, 4) is 0 Å². The van der Waals surface area contributed by atoms with E-state index in [1.807, 2.05) is 40.6 Å². The minimum atomic E-state index is -0.404. The Bertz CT molecular complexity index is 897. The summed E-state index contributed by atoms with van der Waals surface area (Å²) in [6.07, 6.45) is 3.33. The van der Waals surface area contributed by atoms with Crippen LogP contribution in [0.5, 0.6) is 0 Å². The van der Waals surface area contributed by atoms with Gasteiger partial charge in [-0.3, -0.25) is 9.59 Å². The van der Waals surface area contributed by atoms with Crippen molar-refractivity contribution in [3.05, 3.63) is 57.8 Å². The highest BCUT2D eigenvalue weighted by molar-refractivity contribution is 7.10. The molecule has 1 aliphatic rings. The van der Waals surface area contributed by atoms with Crippen LogP contribution in [0, 0.1) is 5.92 Å². The number of amides is 2. The molecule has 1 aromatic heterocycles. The lowest BCUT2D eigenvalue weighted by Gasteiger charge is -2.42. The second kappa shape index (κ2) is 12.3. The number of benzene rings is 1. The van der Waals surface area contributed by atoms with E-state index in [1.54, 1.807) is 11.3 Å². The predicted octanol–water partition coefficient (Wildman–Crippen LogP) is 5.31. The minimum Gasteiger partial charge on any atom is -0.355 e. The molecular formula is C27H39N3O2S. The van der Waals surface area contributed by atoms with Crippen LogP contribution in [-0.2, 0) is 4.79 Å². The molecule has 2 amide bonds. The number of nitrogens with zero attached hydrogens (tertiary/aromatic N) is 2. The van der Waals surface area contributed by atoms with E-state index in [-0.39, 0.29) is 17.9 Å². The van der Waals surface area contributed by atoms with Gasteiger partial charge in [0, 0.05) is 23.5 Å². The monoisotopic (exact) mass is 469 g/mol. The van der Waals surface area contributed by atoms with E-state index < -0.39 is 5.92 Å². The van der Waals surface area contributed by atoms with Crippen molar-refractivity contribution in [1.82, 2.24) is 15.1 Å². The van der Waals surface area contributed by atoms with Gasteiger partial charge in [0.2, 0.25) is 5.91 Å². The molecule has 2 aromatic rings. The highest BCUT2D eigenvalue weighted by atomic mass is 32.1. The van der Waals surface area contributed by atoms with Gasteiger partial charge in [-0.1, -0.05) is 58.4 Å². The second-order valence-electron chi connectivity index (χ2n) is 9.31. The Kier molecular flexibility index (Phi) is 9.51. The van der Waals surface area contributed by atoms with E-state index in [0.29, 0.717) is 24.6 Å². The van der Waals surface area contributed by atoms with E-state index in [4.69, 9.17) is 0 Å². The van der Waals surface area contributed by atoms with Crippen LogP contribution in [0.3, 0.4) is 0 Å². The second-order valence-corrected chi connectivity index (χ2v) is 10.3. The SMILES string of the molecule is CCCCN(CC)CCCNC(=O)[C@@H]1c2ccccc2C(=O)N(CC(C)C)[C@H]1c1cccs1. The summed E-state index contributed by atoms with van der Waals surface area (Å²) in [4.78, 5) is 32.5. The van der Waals surface area contributed by atoms with Crippen molar-refractivity contribution in [2.75, 3.05) is 32.7 Å². The maximum atomic E-state index is 13.6. The number of nitrogens with one attached hydrogen (secondary N) is 1. The van der Waals surface area contributed by atoms with E-state index in [1.165, 1.54) is 12.8 Å². The number of rotatable bonds is 12. The lowest BCUT2D eigenvalue weighted by molar-refractivity contribution is -0.124. The average molecular weight is 470 g/mol. The Balaban J connectivity index is 1.81. The first-order valence-electron chi connectivity index (χ1n) is 12.4. The summed E-state index contributed by atoms with van der Waals surface area (Å²) >= 11 is 1.62. The van der Waals surface area contributed by atoms with Crippen LogP contribution in [0.2, 0.25) is 0 Å². The molecule has 0 unspecified atom stereocenters. The molecule has 0 saturated carbocycles. The first-order chi connectivity index (χ1) is 16.0. The van der Waals surface area contributed by atoms with Crippen LogP contribution in [0.25, 0.3) is 0 Å². The molecule has 6 heteroatoms. The molecule has 0 saturated heterocycles. The van der Waals surface area contributed by atoms with Gasteiger partial charge in [-0.25, -0.2) is 0 Å². The molecular weight excluding hydrogens is 430 g/mol. The maximum Gasteiger partial charge on any atom is 0.254 e. The summed E-state index contributed by atoms with van der Waals surface area (Å²) in [5.41, 5.74) is 1.50. The van der Waals surface area contributed by atoms with Crippen LogP contribution < -0.4 is 5.32 Å². The normalized spacial score (nSPS) is 18.1. The number of carbonyl (C=O) groups excluding carboxylic acids is 2. The maximum absolute atomic E-state index is 13.6. The summed E-state index contributed by atoms with van der Waals surface area (Å²) in [5.74, 6) is -0.0535. The largest absolute Gasteiger partial charge is 0.355 e. The number of hydrogen-bond acceptors (Lipinski definition) is 4. The fourth-order valence-electron chi connectivity index (χ4n) is 4.68. The van der Waals surface area contributed by atoms with Crippen LogP contribution in [-0.4, -0.2) is 54.3 Å². The molecule has 0 aliphatic carbocycles. The molecule has 5 nitrogen and oxygen atoms in total. The fourth-order valence-corrected chi connectivity index (χ4v) is 5.55. The first kappa shape index (κ1) is 25.4. The topological polar surface area (TPSA) is 52.7 Å². The molecule has 1 N–H and O–H groups in total. The molecule has 0 radical (unpaired) electrons. The molecule has 0 fully saturated rings. The zero-order valence-electron chi connectivity index (χ0n) is 20.5. The van der Waals surface area contributed by atoms with Gasteiger partial charge in [0.05, 0.1) is 12.0 Å². The summed E-state index contributed by atoms with van der Waals surface area (Å²) < 4.78 is 0. The van der Waals surface area contributed by atoms with Crippen LogP contribution in [0.15, 0.2) is 41.8 Å². The number of thiophene rings is 1. The van der Waals surface area contributed by atoms with Crippen molar-refractivity contribution in [2.24, 2.45) is 5.92 Å². The smallest absolute Gasteiger partial charge is 0.254 e. The first-order valence-corrected chi connectivity index (χ1v) is 13.3. The zero-order valence-corrected chi connectivity index (χ0v) is 21.4. The Morgan fingerprint density at radius 1 is 1.12 bits per heavy atom. The van der Waals surface area contributed by atoms with Crippen molar-refractivity contribution in [1.29, 1.82) is 0 Å². The molecule has 33 heavy (non-hydrogen) atoms. The standard InChI is InChI=1S/C27H39N3O2S/c1-5-7-16-29(6-2)17-11-15-28-26(31)24-21-12-8-9-13-22(21)27(32)30(19-20(3)4)25(24)23-14-10-18-33-23/h8-10,12-14,18,20,24-25H,5-7,11,15-17,19H2,1-4H3,(H,28,31)/t24-,25+/m1/s1. The third kappa shape index (κ3) is 6.24. The van der Waals surface area contributed by atoms with Crippen LogP contribution in [0.1, 0.15) is 79.7 Å². The molecule has 0 bridgehead atoms. The van der Waals surface area contributed by atoms with Crippen LogP contribution in [0.4, 0.5) is 0 Å². The van der Waals surface area contributed by atoms with Crippen molar-refractivity contribution >= 4 is 23.2 Å². The van der Waals surface area contributed by atoms with Gasteiger partial charge in [0.1, 0.15) is 0 Å². The van der Waals surface area contributed by atoms with E-state index in [2.05, 4.69) is 44.0 Å². The fraction of sp³-hybridized carbons (Fsp3) is 0.556. The quantitative estimate of drug-likeness (QED) is 0.429. The number of unbranched alkanes of at least 4 members (excludes halogenated alkanes) is 1. The third-order valence-corrected chi connectivity index (χ3v) is 7.29. The van der Waals surface area contributed by atoms with Crippen molar-refractivity contribution in [3.63, 3.8) is 0 Å². The Morgan fingerprint density at radius 3 is 2.55 bits per heavy atom. The van der Waals surface area contributed by atoms with Crippen molar-refractivity contribution in [2.45, 2.75) is 58.9 Å². The van der Waals surface area contributed by atoms with E-state index in [0.717, 1.165) is 36.5 Å². The highest BCUT2D eigenvalue weighted by Crippen LogP contribution is 2.44. The molecule has 0 spiro atoms. The Labute approximate surface area is 203 Å². The van der Waals surface area contributed by atoms with Gasteiger partial charge >= 0.3 is 0 Å². The van der Waals surface area contributed by atoms with Gasteiger partial charge in [0.15, 0.2) is 0 Å². The molecule has 1 aromatic carbocycles. The highest BCUT2D eigenvalue weighted by Gasteiger charge is 2.44. The number of fused-ring (bicyclic) bond motifs is 1. The lowest BCUT2D eigenvalue weighted by atomic mass is 9.81. The predicted molar refractivity (Wildman–Crippen MR) is 137 cm³/mol. The van der Waals surface area contributed by atoms with Gasteiger partial charge in [-0.15, -0.1) is 11.3 Å². The van der Waals surface area contributed by atoms with Gasteiger partial charge in [-0.05, 0) is 61.5 Å². The third-order valence-electron chi connectivity index (χ3n) is 6.34. The lowest BCUT2D eigenvalue weighted by Crippen LogP contribution is -2.48. The zero-order chi connectivity index (χ0) is 23.8. The molecule has 3 rings (SSSR count). The molecule has 180 valence electrons. The van der Waals surface area contributed by atoms with Gasteiger partial charge in [0.25, 0.3) is 5.91 Å². The summed E-state index contributed by atoms with van der Waals surface area (Å²) in [5, 5.41) is 5.24. The van der Waals surface area contributed by atoms with Crippen molar-refractivity contribution < 1.29 is 9.59 Å². The molecule has 2 atom stereocenters.